The summed E-state index contributed by atoms with van der Waals surface area (Å²) in [5, 5.41) is 12.6. The van der Waals surface area contributed by atoms with Crippen LogP contribution in [0.1, 0.15) is 65.7 Å². The van der Waals surface area contributed by atoms with Crippen molar-refractivity contribution in [3.8, 4) is 5.75 Å². The second kappa shape index (κ2) is 14.3. The molecule has 43 heavy (non-hydrogen) atoms. The van der Waals surface area contributed by atoms with Crippen molar-refractivity contribution < 1.29 is 51.7 Å². The highest BCUT2D eigenvalue weighted by Gasteiger charge is 2.44. The van der Waals surface area contributed by atoms with Crippen LogP contribution >= 0.6 is 0 Å². The van der Waals surface area contributed by atoms with Gasteiger partial charge in [-0.05, 0) is 63.3 Å². The Morgan fingerprint density at radius 1 is 0.953 bits per heavy atom. The van der Waals surface area contributed by atoms with E-state index >= 15 is 0 Å². The number of ether oxygens (including phenoxy) is 2. The number of nitrogens with zero attached hydrogens (tertiary/aromatic N) is 2. The number of benzene rings is 1. The topological polar surface area (TPSA) is 155 Å². The number of imide groups is 2. The highest BCUT2D eigenvalue weighted by atomic mass is 19.4. The Morgan fingerprint density at radius 2 is 1.63 bits per heavy atom. The molecule has 1 aromatic carbocycles. The molecule has 3 saturated heterocycles. The number of likely N-dealkylation sites (tertiary alicyclic amines) is 1. The van der Waals surface area contributed by atoms with E-state index in [1.54, 1.807) is 18.2 Å². The summed E-state index contributed by atoms with van der Waals surface area (Å²) in [6, 6.07) is 3.88. The predicted molar refractivity (Wildman–Crippen MR) is 143 cm³/mol. The number of carbonyl (C=O) groups excluding carboxylic acids is 4. The highest BCUT2D eigenvalue weighted by Crippen LogP contribution is 2.30. The van der Waals surface area contributed by atoms with Crippen molar-refractivity contribution in [1.82, 2.24) is 20.4 Å². The zero-order chi connectivity index (χ0) is 31.1. The van der Waals surface area contributed by atoms with E-state index in [4.69, 9.17) is 19.4 Å². The molecule has 3 N–H and O–H groups in total. The number of hydrogen-bond acceptors (Lipinski definition) is 9. The second-order valence-corrected chi connectivity index (χ2v) is 10.8. The normalized spacial score (nSPS) is 21.6. The number of fused-ring (bicyclic) bond motifs is 1. The quantitative estimate of drug-likeness (QED) is 0.263. The summed E-state index contributed by atoms with van der Waals surface area (Å²) in [7, 11) is 0. The summed E-state index contributed by atoms with van der Waals surface area (Å²) in [6.45, 7) is 5.79. The lowest BCUT2D eigenvalue weighted by molar-refractivity contribution is -0.192. The standard InChI is InChI=1S/C26H34N4O6.C2HF3O2/c31-23-7-6-22(24(32)28-23)30-25(33)20-5-4-18(14-21(20)26(30)34)35-13-3-1-2-10-29-11-8-17(9-12-29)36-19-15-27-16-19;3-2(4,5)1(6)7/h4-5,14,17,19,22,27H,1-3,6-13,15-16H2,(H,28,31,32);(H,6,7). The number of aliphatic carboxylic acids is 1. The van der Waals surface area contributed by atoms with Gasteiger partial charge in [0.25, 0.3) is 11.8 Å². The Bertz CT molecular complexity index is 1210. The number of halogens is 3. The Labute approximate surface area is 245 Å². The van der Waals surface area contributed by atoms with Crippen molar-refractivity contribution in [2.24, 2.45) is 0 Å². The number of amides is 4. The summed E-state index contributed by atoms with van der Waals surface area (Å²) in [4.78, 5) is 61.7. The van der Waals surface area contributed by atoms with Crippen LogP contribution in [0.25, 0.3) is 0 Å². The molecule has 236 valence electrons. The van der Waals surface area contributed by atoms with Crippen LogP contribution in [0, 0.1) is 0 Å². The van der Waals surface area contributed by atoms with E-state index in [1.807, 2.05) is 0 Å². The lowest BCUT2D eigenvalue weighted by Crippen LogP contribution is -2.54. The van der Waals surface area contributed by atoms with Crippen molar-refractivity contribution in [3.05, 3.63) is 29.3 Å². The molecule has 0 radical (unpaired) electrons. The molecular weight excluding hydrogens is 577 g/mol. The monoisotopic (exact) mass is 612 g/mol. The molecule has 1 aromatic rings. The van der Waals surface area contributed by atoms with Crippen molar-refractivity contribution in [3.63, 3.8) is 0 Å². The Morgan fingerprint density at radius 3 is 2.23 bits per heavy atom. The van der Waals surface area contributed by atoms with Gasteiger partial charge in [-0.25, -0.2) is 4.79 Å². The van der Waals surface area contributed by atoms with Crippen molar-refractivity contribution >= 4 is 29.6 Å². The fourth-order valence-electron chi connectivity index (χ4n) is 5.24. The van der Waals surface area contributed by atoms with Crippen molar-refractivity contribution in [1.29, 1.82) is 0 Å². The number of carboxylic acids is 1. The molecule has 5 rings (SSSR count). The Hall–Kier alpha value is -3.56. The van der Waals surface area contributed by atoms with Gasteiger partial charge in [0, 0.05) is 32.6 Å². The molecule has 0 spiro atoms. The van der Waals surface area contributed by atoms with Gasteiger partial charge in [0.2, 0.25) is 11.8 Å². The minimum absolute atomic E-state index is 0.100. The fourth-order valence-corrected chi connectivity index (χ4v) is 5.24. The predicted octanol–water partition coefficient (Wildman–Crippen LogP) is 1.72. The van der Waals surface area contributed by atoms with Crippen LogP contribution in [-0.2, 0) is 19.1 Å². The van der Waals surface area contributed by atoms with E-state index in [2.05, 4.69) is 15.5 Å². The molecular formula is C28H35F3N4O8. The maximum Gasteiger partial charge on any atom is 0.490 e. The van der Waals surface area contributed by atoms with Crippen LogP contribution in [-0.4, -0.2) is 108 Å². The average molecular weight is 613 g/mol. The Balaban J connectivity index is 0.000000541. The van der Waals surface area contributed by atoms with E-state index in [0.717, 1.165) is 69.7 Å². The number of rotatable bonds is 10. The summed E-state index contributed by atoms with van der Waals surface area (Å²) in [5.41, 5.74) is 0.499. The van der Waals surface area contributed by atoms with Crippen LogP contribution in [0.15, 0.2) is 18.2 Å². The largest absolute Gasteiger partial charge is 0.494 e. The molecule has 0 bridgehead atoms. The van der Waals surface area contributed by atoms with Gasteiger partial charge in [-0.2, -0.15) is 13.2 Å². The number of carbonyl (C=O) groups is 5. The number of piperidine rings is 2. The molecule has 0 aromatic heterocycles. The average Bonchev–Trinajstić information content (AvgIpc) is 3.18. The van der Waals surface area contributed by atoms with Gasteiger partial charge in [-0.1, -0.05) is 0 Å². The van der Waals surface area contributed by atoms with Gasteiger partial charge in [-0.15, -0.1) is 0 Å². The summed E-state index contributed by atoms with van der Waals surface area (Å²) in [5.74, 6) is -4.25. The third kappa shape index (κ3) is 8.51. The maximum absolute atomic E-state index is 12.9. The van der Waals surface area contributed by atoms with E-state index in [1.165, 1.54) is 0 Å². The molecule has 4 aliphatic rings. The number of hydrogen-bond donors (Lipinski definition) is 3. The zero-order valence-electron chi connectivity index (χ0n) is 23.5. The fraction of sp³-hybridized carbons (Fsp3) is 0.607. The zero-order valence-corrected chi connectivity index (χ0v) is 23.5. The van der Waals surface area contributed by atoms with E-state index in [9.17, 15) is 32.3 Å². The molecule has 4 heterocycles. The lowest BCUT2D eigenvalue weighted by Gasteiger charge is -2.36. The number of unbranched alkanes of at least 4 members (excludes halogenated alkanes) is 2. The molecule has 12 nitrogen and oxygen atoms in total. The molecule has 0 saturated carbocycles. The third-order valence-corrected chi connectivity index (χ3v) is 7.70. The smallest absolute Gasteiger partial charge is 0.490 e. The minimum atomic E-state index is -5.08. The molecule has 4 aliphatic heterocycles. The highest BCUT2D eigenvalue weighted by molar-refractivity contribution is 6.23. The van der Waals surface area contributed by atoms with Gasteiger partial charge in [-0.3, -0.25) is 29.4 Å². The van der Waals surface area contributed by atoms with Gasteiger partial charge in [0.15, 0.2) is 0 Å². The third-order valence-electron chi connectivity index (χ3n) is 7.70. The summed E-state index contributed by atoms with van der Waals surface area (Å²) < 4.78 is 43.7. The van der Waals surface area contributed by atoms with Gasteiger partial charge >= 0.3 is 12.1 Å². The molecule has 4 amide bonds. The van der Waals surface area contributed by atoms with Crippen LogP contribution in [0.4, 0.5) is 13.2 Å². The molecule has 1 atom stereocenters. The van der Waals surface area contributed by atoms with Gasteiger partial charge < -0.3 is 24.8 Å². The van der Waals surface area contributed by atoms with Crippen LogP contribution in [0.5, 0.6) is 5.75 Å². The molecule has 15 heteroatoms. The first kappa shape index (κ1) is 32.4. The first-order valence-corrected chi connectivity index (χ1v) is 14.3. The van der Waals surface area contributed by atoms with E-state index in [0.29, 0.717) is 24.6 Å². The molecule has 0 aliphatic carbocycles. The van der Waals surface area contributed by atoms with E-state index in [-0.39, 0.29) is 29.9 Å². The molecule has 1 unspecified atom stereocenters. The summed E-state index contributed by atoms with van der Waals surface area (Å²) >= 11 is 0. The number of carboxylic acid groups (broad SMARTS) is 1. The minimum Gasteiger partial charge on any atom is -0.494 e. The molecule has 3 fully saturated rings. The maximum atomic E-state index is 12.9. The van der Waals surface area contributed by atoms with Gasteiger partial charge in [0.1, 0.15) is 11.8 Å². The van der Waals surface area contributed by atoms with Crippen LogP contribution < -0.4 is 15.4 Å². The Kier molecular flexibility index (Phi) is 10.7. The number of nitrogens with one attached hydrogen (secondary N) is 2. The number of alkyl halides is 3. The first-order chi connectivity index (χ1) is 20.4. The van der Waals surface area contributed by atoms with Gasteiger partial charge in [0.05, 0.1) is 29.9 Å². The van der Waals surface area contributed by atoms with Crippen molar-refractivity contribution in [2.75, 3.05) is 39.3 Å². The first-order valence-electron chi connectivity index (χ1n) is 14.3. The second-order valence-electron chi connectivity index (χ2n) is 10.8. The SMILES string of the molecule is O=C(O)C(F)(F)F.O=C1CCC(N2C(=O)c3ccc(OCCCCCN4CCC(OC5CNC5)CC4)cc3C2=O)C(=O)N1. The van der Waals surface area contributed by atoms with Crippen molar-refractivity contribution in [2.45, 2.75) is 69.4 Å². The summed E-state index contributed by atoms with van der Waals surface area (Å²) in [6.07, 6.45) is 1.27. The lowest BCUT2D eigenvalue weighted by atomic mass is 10.0. The van der Waals surface area contributed by atoms with Crippen LogP contribution in [0.2, 0.25) is 0 Å². The van der Waals surface area contributed by atoms with E-state index < -0.39 is 35.9 Å². The van der Waals surface area contributed by atoms with Crippen LogP contribution in [0.3, 0.4) is 0 Å².